The number of hydrogen-bond donors (Lipinski definition) is 1. The lowest BCUT2D eigenvalue weighted by molar-refractivity contribution is 0.148. The Labute approximate surface area is 191 Å². The van der Waals surface area contributed by atoms with Gasteiger partial charge in [-0.05, 0) is 24.3 Å². The van der Waals surface area contributed by atoms with Crippen LogP contribution in [0.25, 0.3) is 22.1 Å². The molecule has 9 heteroatoms. The number of methoxy groups -OCH3 is 1. The molecule has 1 saturated heterocycles. The molecule has 9 nitrogen and oxygen atoms in total. The molecule has 1 aromatic carbocycles. The number of fused-ring (bicyclic) bond motifs is 2. The van der Waals surface area contributed by atoms with Gasteiger partial charge >= 0.3 is 6.03 Å². The number of nitrogens with zero attached hydrogens (tertiary/aromatic N) is 6. The van der Waals surface area contributed by atoms with Crippen molar-refractivity contribution in [3.05, 3.63) is 60.6 Å². The van der Waals surface area contributed by atoms with E-state index in [1.165, 1.54) is 0 Å². The minimum atomic E-state index is -0.132. The van der Waals surface area contributed by atoms with Crippen molar-refractivity contribution < 1.29 is 9.53 Å². The van der Waals surface area contributed by atoms with Gasteiger partial charge in [-0.3, -0.25) is 14.9 Å². The molecule has 0 saturated carbocycles. The number of anilines is 1. The molecule has 4 heterocycles. The Kier molecular flexibility index (Phi) is 5.95. The molecule has 5 rings (SSSR count). The normalized spacial score (nSPS) is 14.5. The molecule has 1 N–H and O–H groups in total. The van der Waals surface area contributed by atoms with Crippen LogP contribution in [0.3, 0.4) is 0 Å². The predicted molar refractivity (Wildman–Crippen MR) is 126 cm³/mol. The summed E-state index contributed by atoms with van der Waals surface area (Å²) in [6, 6.07) is 13.1. The molecule has 1 fully saturated rings. The summed E-state index contributed by atoms with van der Waals surface area (Å²) >= 11 is 0. The quantitative estimate of drug-likeness (QED) is 0.507. The second-order valence-corrected chi connectivity index (χ2v) is 7.94. The Bertz CT molecular complexity index is 1290. The number of ether oxygens (including phenoxy) is 1. The van der Waals surface area contributed by atoms with E-state index in [1.54, 1.807) is 25.4 Å². The molecule has 0 unspecified atom stereocenters. The summed E-state index contributed by atoms with van der Waals surface area (Å²) in [7, 11) is 1.56. The molecule has 4 aromatic rings. The molecular weight excluding hydrogens is 418 g/mol. The van der Waals surface area contributed by atoms with Crippen molar-refractivity contribution in [1.29, 1.82) is 0 Å². The summed E-state index contributed by atoms with van der Waals surface area (Å²) in [6.07, 6.45) is 4.36. The van der Waals surface area contributed by atoms with Crippen molar-refractivity contribution in [1.82, 2.24) is 29.7 Å². The monoisotopic (exact) mass is 443 g/mol. The van der Waals surface area contributed by atoms with Gasteiger partial charge in [0.25, 0.3) is 0 Å². The van der Waals surface area contributed by atoms with Gasteiger partial charge in [0.1, 0.15) is 5.52 Å². The number of para-hydroxylation sites is 2. The van der Waals surface area contributed by atoms with Crippen LogP contribution >= 0.6 is 0 Å². The lowest BCUT2D eigenvalue weighted by Gasteiger charge is -2.34. The van der Waals surface area contributed by atoms with Crippen molar-refractivity contribution >= 4 is 33.8 Å². The molecule has 168 valence electrons. The van der Waals surface area contributed by atoms with Crippen LogP contribution in [0.5, 0.6) is 5.88 Å². The minimum absolute atomic E-state index is 0.132. The van der Waals surface area contributed by atoms with E-state index in [1.807, 2.05) is 41.4 Å². The fourth-order valence-corrected chi connectivity index (χ4v) is 3.98. The molecule has 3 aromatic heterocycles. The Hall–Kier alpha value is -3.85. The summed E-state index contributed by atoms with van der Waals surface area (Å²) in [6.45, 7) is 3.85. The van der Waals surface area contributed by atoms with Gasteiger partial charge in [-0.2, -0.15) is 0 Å². The number of hydrogen-bond acceptors (Lipinski definition) is 7. The Morgan fingerprint density at radius 1 is 0.970 bits per heavy atom. The molecule has 2 amide bonds. The van der Waals surface area contributed by atoms with E-state index in [9.17, 15) is 4.79 Å². The number of benzene rings is 1. The van der Waals surface area contributed by atoms with Gasteiger partial charge < -0.3 is 15.0 Å². The number of nitrogens with one attached hydrogen (secondary N) is 1. The smallest absolute Gasteiger partial charge is 0.321 e. The fourth-order valence-electron chi connectivity index (χ4n) is 3.98. The number of rotatable bonds is 5. The lowest BCUT2D eigenvalue weighted by atomic mass is 10.2. The average Bonchev–Trinajstić information content (AvgIpc) is 2.87. The maximum Gasteiger partial charge on any atom is 0.321 e. The van der Waals surface area contributed by atoms with Crippen molar-refractivity contribution in [3.8, 4) is 5.88 Å². The Balaban J connectivity index is 1.16. The number of piperazine rings is 1. The molecule has 1 aliphatic rings. The zero-order valence-corrected chi connectivity index (χ0v) is 18.4. The number of amides is 2. The summed E-state index contributed by atoms with van der Waals surface area (Å²) in [5.74, 6) is 0.482. The highest BCUT2D eigenvalue weighted by Gasteiger charge is 2.22. The van der Waals surface area contributed by atoms with Gasteiger partial charge in [-0.25, -0.2) is 14.8 Å². The van der Waals surface area contributed by atoms with Crippen molar-refractivity contribution in [2.45, 2.75) is 6.42 Å². The Morgan fingerprint density at radius 2 is 1.79 bits per heavy atom. The first-order valence-corrected chi connectivity index (χ1v) is 11.0. The highest BCUT2D eigenvalue weighted by atomic mass is 16.5. The van der Waals surface area contributed by atoms with E-state index in [-0.39, 0.29) is 6.03 Å². The molecule has 0 radical (unpaired) electrons. The standard InChI is InChI=1S/C24H25N7O2/c1-33-22-7-6-20-23(29-22)21(8-10-25-20)28-24(32)31-14-12-30(13-15-31)11-9-17-16-26-18-4-2-3-5-19(18)27-17/h2-8,10,16H,9,11-15H2,1H3,(H,25,28,32). The van der Waals surface area contributed by atoms with Crippen molar-refractivity contribution in [2.75, 3.05) is 45.2 Å². The molecule has 0 aliphatic carbocycles. The van der Waals surface area contributed by atoms with E-state index >= 15 is 0 Å². The summed E-state index contributed by atoms with van der Waals surface area (Å²) in [5, 5.41) is 2.99. The molecular formula is C24H25N7O2. The number of aromatic nitrogens is 4. The van der Waals surface area contributed by atoms with Crippen molar-refractivity contribution in [3.63, 3.8) is 0 Å². The topological polar surface area (TPSA) is 96.4 Å². The molecule has 0 spiro atoms. The SMILES string of the molecule is COc1ccc2nccc(NC(=O)N3CCN(CCc4cnc5ccccc5n4)CC3)c2n1. The lowest BCUT2D eigenvalue weighted by Crippen LogP contribution is -2.50. The first-order chi connectivity index (χ1) is 16.2. The first kappa shape index (κ1) is 21.0. The zero-order valence-electron chi connectivity index (χ0n) is 18.4. The minimum Gasteiger partial charge on any atom is -0.481 e. The highest BCUT2D eigenvalue weighted by molar-refractivity contribution is 5.98. The summed E-state index contributed by atoms with van der Waals surface area (Å²) in [4.78, 5) is 35.0. The first-order valence-electron chi connectivity index (χ1n) is 11.0. The van der Waals surface area contributed by atoms with Crippen molar-refractivity contribution in [2.24, 2.45) is 0 Å². The van der Waals surface area contributed by atoms with Gasteiger partial charge in [-0.15, -0.1) is 0 Å². The van der Waals surface area contributed by atoms with Crippen LogP contribution in [0, 0.1) is 0 Å². The second kappa shape index (κ2) is 9.33. The largest absolute Gasteiger partial charge is 0.481 e. The number of carbonyl (C=O) groups excluding carboxylic acids is 1. The third-order valence-electron chi connectivity index (χ3n) is 5.85. The van der Waals surface area contributed by atoms with E-state index in [2.05, 4.69) is 25.2 Å². The van der Waals surface area contributed by atoms with E-state index in [4.69, 9.17) is 9.72 Å². The van der Waals surface area contributed by atoms with Crippen LogP contribution in [-0.2, 0) is 6.42 Å². The predicted octanol–water partition coefficient (Wildman–Crippen LogP) is 2.97. The third kappa shape index (κ3) is 4.68. The van der Waals surface area contributed by atoms with Gasteiger partial charge in [0, 0.05) is 57.6 Å². The van der Waals surface area contributed by atoms with Crippen LogP contribution in [0.2, 0.25) is 0 Å². The summed E-state index contributed by atoms with van der Waals surface area (Å²) < 4.78 is 5.21. The van der Waals surface area contributed by atoms with E-state index < -0.39 is 0 Å². The molecule has 0 bridgehead atoms. The molecule has 33 heavy (non-hydrogen) atoms. The van der Waals surface area contributed by atoms with Crippen LogP contribution < -0.4 is 10.1 Å². The average molecular weight is 444 g/mol. The van der Waals surface area contributed by atoms with Crippen LogP contribution in [0.1, 0.15) is 5.69 Å². The second-order valence-electron chi connectivity index (χ2n) is 7.94. The van der Waals surface area contributed by atoms with E-state index in [0.717, 1.165) is 42.8 Å². The maximum atomic E-state index is 12.9. The van der Waals surface area contributed by atoms with Gasteiger partial charge in [0.15, 0.2) is 0 Å². The fraction of sp³-hybridized carbons (Fsp3) is 0.292. The summed E-state index contributed by atoms with van der Waals surface area (Å²) in [5.41, 5.74) is 4.77. The number of pyridine rings is 2. The van der Waals surface area contributed by atoms with Gasteiger partial charge in [0.05, 0.1) is 35.0 Å². The Morgan fingerprint density at radius 3 is 2.61 bits per heavy atom. The van der Waals surface area contributed by atoms with E-state index in [0.29, 0.717) is 35.7 Å². The van der Waals surface area contributed by atoms with Gasteiger partial charge in [0.2, 0.25) is 5.88 Å². The number of urea groups is 1. The third-order valence-corrected chi connectivity index (χ3v) is 5.85. The number of carbonyl (C=O) groups is 1. The van der Waals surface area contributed by atoms with Crippen LogP contribution in [0.15, 0.2) is 54.9 Å². The van der Waals surface area contributed by atoms with Gasteiger partial charge in [-0.1, -0.05) is 12.1 Å². The molecule has 0 atom stereocenters. The molecule has 1 aliphatic heterocycles. The maximum absolute atomic E-state index is 12.9. The van der Waals surface area contributed by atoms with Crippen LogP contribution in [-0.4, -0.2) is 75.6 Å². The van der Waals surface area contributed by atoms with Crippen LogP contribution in [0.4, 0.5) is 10.5 Å². The highest BCUT2D eigenvalue weighted by Crippen LogP contribution is 2.22. The zero-order chi connectivity index (χ0) is 22.6.